The molecule has 0 radical (unpaired) electrons. The number of benzene rings is 2. The third kappa shape index (κ3) is 7.22. The fourth-order valence-corrected chi connectivity index (χ4v) is 3.18. The molecule has 0 spiro atoms. The Hall–Kier alpha value is -2.65. The Balaban J connectivity index is 1.46. The van der Waals surface area contributed by atoms with Crippen molar-refractivity contribution in [3.8, 4) is 17.2 Å². The lowest BCUT2D eigenvalue weighted by molar-refractivity contribution is -0.274. The molecular formula is C22H26F3NO5. The predicted octanol–water partition coefficient (Wildman–Crippen LogP) is 3.76. The third-order valence-electron chi connectivity index (χ3n) is 4.89. The Morgan fingerprint density at radius 2 is 1.48 bits per heavy atom. The normalized spacial score (nSPS) is 17.2. The number of ether oxygens (including phenoxy) is 3. The predicted molar refractivity (Wildman–Crippen MR) is 109 cm³/mol. The second kappa shape index (κ2) is 9.65. The maximum atomic E-state index is 12.2. The SMILES string of the molecule is CC(O)(CO)COc1ccc(N2CCC(Oc3ccc(OC(F)(F)F)cc3)CC2)cc1. The van der Waals surface area contributed by atoms with E-state index in [1.807, 2.05) is 24.3 Å². The summed E-state index contributed by atoms with van der Waals surface area (Å²) < 4.78 is 51.9. The molecule has 1 atom stereocenters. The van der Waals surface area contributed by atoms with Crippen molar-refractivity contribution in [3.05, 3.63) is 48.5 Å². The first-order valence-corrected chi connectivity index (χ1v) is 9.97. The third-order valence-corrected chi connectivity index (χ3v) is 4.89. The zero-order valence-corrected chi connectivity index (χ0v) is 17.1. The summed E-state index contributed by atoms with van der Waals surface area (Å²) in [6, 6.07) is 12.9. The molecule has 1 unspecified atom stereocenters. The Morgan fingerprint density at radius 3 is 2.03 bits per heavy atom. The summed E-state index contributed by atoms with van der Waals surface area (Å²) in [4.78, 5) is 2.22. The highest BCUT2D eigenvalue weighted by molar-refractivity contribution is 5.49. The Kier molecular flexibility index (Phi) is 7.17. The molecule has 0 saturated carbocycles. The summed E-state index contributed by atoms with van der Waals surface area (Å²) in [7, 11) is 0. The molecule has 1 aliphatic rings. The molecule has 2 N–H and O–H groups in total. The molecule has 2 aromatic carbocycles. The lowest BCUT2D eigenvalue weighted by Crippen LogP contribution is -2.38. The quantitative estimate of drug-likeness (QED) is 0.650. The maximum absolute atomic E-state index is 12.2. The van der Waals surface area contributed by atoms with Crippen molar-refractivity contribution in [2.45, 2.75) is 37.8 Å². The summed E-state index contributed by atoms with van der Waals surface area (Å²) >= 11 is 0. The molecule has 0 aliphatic carbocycles. The molecule has 31 heavy (non-hydrogen) atoms. The first-order chi connectivity index (χ1) is 14.6. The average molecular weight is 441 g/mol. The Bertz CT molecular complexity index is 817. The molecule has 3 rings (SSSR count). The van der Waals surface area contributed by atoms with Crippen molar-refractivity contribution in [2.24, 2.45) is 0 Å². The van der Waals surface area contributed by atoms with Crippen LogP contribution in [0, 0.1) is 0 Å². The van der Waals surface area contributed by atoms with E-state index in [2.05, 4.69) is 9.64 Å². The fourth-order valence-electron chi connectivity index (χ4n) is 3.18. The van der Waals surface area contributed by atoms with Gasteiger partial charge in [0.2, 0.25) is 0 Å². The van der Waals surface area contributed by atoms with Crippen LogP contribution in [0.4, 0.5) is 18.9 Å². The minimum absolute atomic E-state index is 0.00507. The van der Waals surface area contributed by atoms with E-state index in [1.54, 1.807) is 0 Å². The average Bonchev–Trinajstić information content (AvgIpc) is 2.74. The van der Waals surface area contributed by atoms with Gasteiger partial charge in [0.25, 0.3) is 0 Å². The summed E-state index contributed by atoms with van der Waals surface area (Å²) in [5.74, 6) is 0.837. The highest BCUT2D eigenvalue weighted by Gasteiger charge is 2.31. The molecule has 0 amide bonds. The van der Waals surface area contributed by atoms with E-state index in [4.69, 9.17) is 14.6 Å². The van der Waals surface area contributed by atoms with Gasteiger partial charge in [-0.2, -0.15) is 0 Å². The summed E-state index contributed by atoms with van der Waals surface area (Å²) in [6.07, 6.45) is -3.18. The van der Waals surface area contributed by atoms with Crippen LogP contribution >= 0.6 is 0 Å². The zero-order chi connectivity index (χ0) is 22.5. The summed E-state index contributed by atoms with van der Waals surface area (Å²) in [5, 5.41) is 18.8. The first-order valence-electron chi connectivity index (χ1n) is 9.97. The van der Waals surface area contributed by atoms with E-state index >= 15 is 0 Å². The van der Waals surface area contributed by atoms with E-state index in [1.165, 1.54) is 31.2 Å². The molecule has 6 nitrogen and oxygen atoms in total. The Labute approximate surface area is 178 Å². The standard InChI is InChI=1S/C22H26F3NO5/c1-21(28,14-27)15-29-17-4-2-16(3-5-17)26-12-10-19(11-13-26)30-18-6-8-20(9-7-18)31-22(23,24)25/h2-9,19,27-28H,10-15H2,1H3. The fraction of sp³-hybridized carbons (Fsp3) is 0.455. The molecule has 1 aliphatic heterocycles. The number of aliphatic hydroxyl groups excluding tert-OH is 1. The molecule has 1 fully saturated rings. The number of rotatable bonds is 8. The molecule has 0 bridgehead atoms. The van der Waals surface area contributed by atoms with Crippen molar-refractivity contribution in [2.75, 3.05) is 31.2 Å². The summed E-state index contributed by atoms with van der Waals surface area (Å²) in [5.41, 5.74) is -0.250. The van der Waals surface area contributed by atoms with Crippen LogP contribution in [0.3, 0.4) is 0 Å². The van der Waals surface area contributed by atoms with Crippen LogP contribution in [-0.2, 0) is 0 Å². The molecule has 1 saturated heterocycles. The minimum atomic E-state index is -4.71. The highest BCUT2D eigenvalue weighted by atomic mass is 19.4. The van der Waals surface area contributed by atoms with Crippen LogP contribution in [0.1, 0.15) is 19.8 Å². The largest absolute Gasteiger partial charge is 0.573 e. The van der Waals surface area contributed by atoms with Gasteiger partial charge in [0.1, 0.15) is 35.6 Å². The monoisotopic (exact) mass is 441 g/mol. The molecule has 170 valence electrons. The second-order valence-corrected chi connectivity index (χ2v) is 7.76. The number of nitrogens with zero attached hydrogens (tertiary/aromatic N) is 1. The topological polar surface area (TPSA) is 71.4 Å². The first kappa shape index (κ1) is 23.0. The number of hydrogen-bond acceptors (Lipinski definition) is 6. The van der Waals surface area contributed by atoms with Gasteiger partial charge >= 0.3 is 6.36 Å². The molecule has 2 aromatic rings. The van der Waals surface area contributed by atoms with Gasteiger partial charge in [-0.3, -0.25) is 0 Å². The van der Waals surface area contributed by atoms with Crippen molar-refractivity contribution in [1.82, 2.24) is 0 Å². The van der Waals surface area contributed by atoms with Crippen LogP contribution < -0.4 is 19.1 Å². The lowest BCUT2D eigenvalue weighted by atomic mass is 10.1. The van der Waals surface area contributed by atoms with Crippen molar-refractivity contribution in [3.63, 3.8) is 0 Å². The molecule has 0 aromatic heterocycles. The van der Waals surface area contributed by atoms with Gasteiger partial charge in [-0.1, -0.05) is 0 Å². The maximum Gasteiger partial charge on any atom is 0.573 e. The smallest absolute Gasteiger partial charge is 0.491 e. The van der Waals surface area contributed by atoms with Crippen LogP contribution in [0.5, 0.6) is 17.2 Å². The molecular weight excluding hydrogens is 415 g/mol. The van der Waals surface area contributed by atoms with Gasteiger partial charge in [0.15, 0.2) is 0 Å². The zero-order valence-electron chi connectivity index (χ0n) is 17.1. The number of anilines is 1. The minimum Gasteiger partial charge on any atom is -0.491 e. The van der Waals surface area contributed by atoms with E-state index in [0.29, 0.717) is 11.5 Å². The van der Waals surface area contributed by atoms with Crippen LogP contribution in [0.2, 0.25) is 0 Å². The summed E-state index contributed by atoms with van der Waals surface area (Å²) in [6.45, 7) is 2.67. The molecule has 1 heterocycles. The van der Waals surface area contributed by atoms with E-state index in [-0.39, 0.29) is 25.1 Å². The van der Waals surface area contributed by atoms with E-state index in [0.717, 1.165) is 31.6 Å². The second-order valence-electron chi connectivity index (χ2n) is 7.76. The van der Waals surface area contributed by atoms with Crippen LogP contribution in [-0.4, -0.2) is 54.6 Å². The van der Waals surface area contributed by atoms with Crippen molar-refractivity contribution in [1.29, 1.82) is 0 Å². The van der Waals surface area contributed by atoms with Crippen LogP contribution in [0.15, 0.2) is 48.5 Å². The number of halogens is 3. The van der Waals surface area contributed by atoms with Crippen molar-refractivity contribution >= 4 is 5.69 Å². The van der Waals surface area contributed by atoms with Crippen LogP contribution in [0.25, 0.3) is 0 Å². The number of hydrogen-bond donors (Lipinski definition) is 2. The number of piperidine rings is 1. The van der Waals surface area contributed by atoms with Gasteiger partial charge in [0.05, 0.1) is 6.61 Å². The molecule has 9 heteroatoms. The van der Waals surface area contributed by atoms with Gasteiger partial charge in [-0.15, -0.1) is 13.2 Å². The van der Waals surface area contributed by atoms with Gasteiger partial charge in [-0.05, 0) is 55.5 Å². The van der Waals surface area contributed by atoms with Crippen molar-refractivity contribution < 1.29 is 37.6 Å². The lowest BCUT2D eigenvalue weighted by Gasteiger charge is -2.33. The van der Waals surface area contributed by atoms with Gasteiger partial charge < -0.3 is 29.3 Å². The number of alkyl halides is 3. The Morgan fingerprint density at radius 1 is 0.935 bits per heavy atom. The highest BCUT2D eigenvalue weighted by Crippen LogP contribution is 2.28. The van der Waals surface area contributed by atoms with Gasteiger partial charge in [-0.25, -0.2) is 0 Å². The van der Waals surface area contributed by atoms with E-state index < -0.39 is 12.0 Å². The number of aliphatic hydroxyl groups is 2. The van der Waals surface area contributed by atoms with Gasteiger partial charge in [0, 0.05) is 31.6 Å². The van der Waals surface area contributed by atoms with E-state index in [9.17, 15) is 18.3 Å².